The first kappa shape index (κ1) is 42.4. The van der Waals surface area contributed by atoms with Crippen molar-refractivity contribution in [2.45, 2.75) is 5.41 Å². The molecule has 3 heterocycles. The molecule has 16 rings (SSSR count). The Kier molecular flexibility index (Phi) is 9.18. The molecule has 0 fully saturated rings. The zero-order chi connectivity index (χ0) is 49.9. The van der Waals surface area contributed by atoms with Gasteiger partial charge in [-0.25, -0.2) is 9.97 Å². The van der Waals surface area contributed by atoms with E-state index in [0.29, 0.717) is 5.95 Å². The molecule has 0 saturated carbocycles. The normalized spacial score (nSPS) is 12.8. The Balaban J connectivity index is 0.980. The van der Waals surface area contributed by atoms with Crippen molar-refractivity contribution in [2.24, 2.45) is 0 Å². The molecular formula is C71H44N4O. The second-order valence-corrected chi connectivity index (χ2v) is 20.0. The van der Waals surface area contributed by atoms with Crippen LogP contribution in [-0.2, 0) is 5.41 Å². The van der Waals surface area contributed by atoms with Gasteiger partial charge in [-0.1, -0.05) is 212 Å². The molecule has 0 saturated heterocycles. The number of hydrogen-bond acceptors (Lipinski definition) is 4. The standard InChI is InChI=1S/C71H44N4O/c1-4-18-45(19-5-1)46-32-34-49(35-33-46)74(50-36-38-55-54-26-12-16-30-62(54)71(63(55)42-50)60-28-14-10-24-52(60)53-25-11-15-29-61(53)71)51-37-39-56-58-40-41-59-57-27-13-17-31-67(57)76-69(59)68(58)75(66(56)43-51)70-72-64(47-20-6-2-7-21-47)44-65(73-70)48-22-8-3-9-23-48/h1-44H. The van der Waals surface area contributed by atoms with Crippen LogP contribution in [0.3, 0.4) is 0 Å². The van der Waals surface area contributed by atoms with Crippen LogP contribution in [0.25, 0.3) is 106 Å². The Bertz CT molecular complexity index is 4510. The smallest absolute Gasteiger partial charge is 0.235 e. The van der Waals surface area contributed by atoms with E-state index >= 15 is 0 Å². The van der Waals surface area contributed by atoms with E-state index in [1.807, 2.05) is 18.2 Å². The summed E-state index contributed by atoms with van der Waals surface area (Å²) in [7, 11) is 0. The minimum Gasteiger partial charge on any atom is -0.454 e. The summed E-state index contributed by atoms with van der Waals surface area (Å²) >= 11 is 0. The number of rotatable bonds is 7. The number of anilines is 3. The second-order valence-electron chi connectivity index (χ2n) is 20.0. The van der Waals surface area contributed by atoms with Crippen molar-refractivity contribution in [1.29, 1.82) is 0 Å². The van der Waals surface area contributed by atoms with E-state index in [2.05, 4.69) is 258 Å². The number of benzene rings is 11. The Morgan fingerprint density at radius 1 is 0.342 bits per heavy atom. The maximum absolute atomic E-state index is 6.93. The quantitative estimate of drug-likeness (QED) is 0.160. The van der Waals surface area contributed by atoms with Crippen molar-refractivity contribution in [2.75, 3.05) is 4.90 Å². The first-order valence-electron chi connectivity index (χ1n) is 26.0. The van der Waals surface area contributed by atoms with Gasteiger partial charge in [0.05, 0.1) is 22.3 Å². The topological polar surface area (TPSA) is 47.1 Å². The van der Waals surface area contributed by atoms with Crippen molar-refractivity contribution in [3.63, 3.8) is 0 Å². The molecule has 354 valence electrons. The van der Waals surface area contributed by atoms with Crippen LogP contribution < -0.4 is 4.90 Å². The number of fused-ring (bicyclic) bond motifs is 17. The molecule has 76 heavy (non-hydrogen) atoms. The number of nitrogens with zero attached hydrogens (tertiary/aromatic N) is 4. The SMILES string of the molecule is c1ccc(-c2ccc(N(c3ccc4c(c3)C3(c5ccccc5-c5ccccc53)c3ccccc3-4)c3ccc4c5ccc6c7ccccc7oc6c5n(-c5nc(-c6ccccc6)cc(-c6ccccc6)n5)c4c3)cc2)cc1. The third-order valence-corrected chi connectivity index (χ3v) is 16.0. The molecule has 2 aliphatic carbocycles. The fourth-order valence-corrected chi connectivity index (χ4v) is 12.8. The molecule has 2 aliphatic rings. The highest BCUT2D eigenvalue weighted by Crippen LogP contribution is 2.63. The van der Waals surface area contributed by atoms with Gasteiger partial charge in [-0.3, -0.25) is 4.57 Å². The summed E-state index contributed by atoms with van der Waals surface area (Å²) in [6.45, 7) is 0. The molecule has 0 N–H and O–H groups in total. The largest absolute Gasteiger partial charge is 0.454 e. The molecule has 3 aromatic heterocycles. The molecule has 0 aliphatic heterocycles. The van der Waals surface area contributed by atoms with Gasteiger partial charge in [0.25, 0.3) is 0 Å². The van der Waals surface area contributed by atoms with Gasteiger partial charge < -0.3 is 9.32 Å². The van der Waals surface area contributed by atoms with Gasteiger partial charge in [-0.15, -0.1) is 0 Å². The highest BCUT2D eigenvalue weighted by atomic mass is 16.3. The summed E-state index contributed by atoms with van der Waals surface area (Å²) in [6, 6.07) is 96.3. The van der Waals surface area contributed by atoms with Crippen LogP contribution in [0.1, 0.15) is 22.3 Å². The molecule has 0 amide bonds. The van der Waals surface area contributed by atoms with Gasteiger partial charge in [0, 0.05) is 49.7 Å². The minimum absolute atomic E-state index is 0.510. The van der Waals surface area contributed by atoms with E-state index < -0.39 is 5.41 Å². The molecule has 1 spiro atoms. The lowest BCUT2D eigenvalue weighted by Gasteiger charge is -2.32. The molecule has 14 aromatic rings. The van der Waals surface area contributed by atoms with E-state index in [9.17, 15) is 0 Å². The molecule has 0 atom stereocenters. The Hall–Kier alpha value is -10.1. The summed E-state index contributed by atoms with van der Waals surface area (Å²) in [5.41, 5.74) is 22.4. The van der Waals surface area contributed by atoms with E-state index in [0.717, 1.165) is 88.9 Å². The molecule has 0 radical (unpaired) electrons. The third-order valence-electron chi connectivity index (χ3n) is 16.0. The molecular weight excluding hydrogens is 925 g/mol. The zero-order valence-electron chi connectivity index (χ0n) is 41.1. The lowest BCUT2D eigenvalue weighted by molar-refractivity contribution is 0.670. The van der Waals surface area contributed by atoms with E-state index in [1.165, 1.54) is 50.1 Å². The summed E-state index contributed by atoms with van der Waals surface area (Å²) in [4.78, 5) is 13.4. The van der Waals surface area contributed by atoms with Gasteiger partial charge in [0.2, 0.25) is 5.95 Å². The van der Waals surface area contributed by atoms with Gasteiger partial charge in [-0.05, 0) is 110 Å². The predicted octanol–water partition coefficient (Wildman–Crippen LogP) is 18.3. The highest BCUT2D eigenvalue weighted by molar-refractivity contribution is 6.21. The minimum atomic E-state index is -0.510. The Morgan fingerprint density at radius 2 is 0.816 bits per heavy atom. The summed E-state index contributed by atoms with van der Waals surface area (Å²) in [6.07, 6.45) is 0. The predicted molar refractivity (Wildman–Crippen MR) is 311 cm³/mol. The van der Waals surface area contributed by atoms with Crippen molar-refractivity contribution in [3.05, 3.63) is 289 Å². The molecule has 5 heteroatoms. The molecule has 0 bridgehead atoms. The summed E-state index contributed by atoms with van der Waals surface area (Å²) in [5.74, 6) is 0.555. The number of furan rings is 1. The third kappa shape index (κ3) is 6.14. The average molecular weight is 969 g/mol. The van der Waals surface area contributed by atoms with Crippen LogP contribution in [0, 0.1) is 0 Å². The second kappa shape index (κ2) is 16.5. The van der Waals surface area contributed by atoms with Crippen molar-refractivity contribution in [3.8, 4) is 61.8 Å². The fraction of sp³-hybridized carbons (Fsp3) is 0.0141. The van der Waals surface area contributed by atoms with Gasteiger partial charge >= 0.3 is 0 Å². The van der Waals surface area contributed by atoms with Crippen LogP contribution in [0.15, 0.2) is 271 Å². The van der Waals surface area contributed by atoms with Crippen molar-refractivity contribution >= 4 is 60.8 Å². The van der Waals surface area contributed by atoms with Gasteiger partial charge in [-0.2, -0.15) is 0 Å². The lowest BCUT2D eigenvalue weighted by Crippen LogP contribution is -2.26. The highest BCUT2D eigenvalue weighted by Gasteiger charge is 2.51. The maximum atomic E-state index is 6.93. The van der Waals surface area contributed by atoms with Crippen LogP contribution in [0.2, 0.25) is 0 Å². The number of aromatic nitrogens is 3. The van der Waals surface area contributed by atoms with E-state index in [1.54, 1.807) is 0 Å². The molecule has 0 unspecified atom stereocenters. The van der Waals surface area contributed by atoms with Crippen LogP contribution >= 0.6 is 0 Å². The van der Waals surface area contributed by atoms with Crippen molar-refractivity contribution < 1.29 is 4.42 Å². The number of para-hydroxylation sites is 1. The lowest BCUT2D eigenvalue weighted by atomic mass is 9.70. The van der Waals surface area contributed by atoms with Crippen molar-refractivity contribution in [1.82, 2.24) is 14.5 Å². The van der Waals surface area contributed by atoms with Gasteiger partial charge in [0.1, 0.15) is 11.1 Å². The van der Waals surface area contributed by atoms with E-state index in [4.69, 9.17) is 14.4 Å². The Labute approximate surface area is 438 Å². The maximum Gasteiger partial charge on any atom is 0.235 e. The zero-order valence-corrected chi connectivity index (χ0v) is 41.1. The van der Waals surface area contributed by atoms with Gasteiger partial charge in [0.15, 0.2) is 5.58 Å². The number of hydrogen-bond donors (Lipinski definition) is 0. The summed E-state index contributed by atoms with van der Waals surface area (Å²) < 4.78 is 9.17. The molecule has 5 nitrogen and oxygen atoms in total. The summed E-state index contributed by atoms with van der Waals surface area (Å²) in [5, 5.41) is 4.23. The van der Waals surface area contributed by atoms with Crippen LogP contribution in [-0.4, -0.2) is 14.5 Å². The monoisotopic (exact) mass is 968 g/mol. The average Bonchev–Trinajstić information content (AvgIpc) is 4.25. The molecule has 11 aromatic carbocycles. The first-order valence-corrected chi connectivity index (χ1v) is 26.0. The first-order chi connectivity index (χ1) is 37.7. The fourth-order valence-electron chi connectivity index (χ4n) is 12.8. The Morgan fingerprint density at radius 3 is 1.45 bits per heavy atom. The van der Waals surface area contributed by atoms with Crippen LogP contribution in [0.4, 0.5) is 17.1 Å². The van der Waals surface area contributed by atoms with Crippen LogP contribution in [0.5, 0.6) is 0 Å². The van der Waals surface area contributed by atoms with E-state index in [-0.39, 0.29) is 0 Å².